The van der Waals surface area contributed by atoms with Gasteiger partial charge in [-0.25, -0.2) is 14.5 Å². The lowest BCUT2D eigenvalue weighted by molar-refractivity contribution is -0.792. The molecule has 0 spiro atoms. The zero-order valence-electron chi connectivity index (χ0n) is 18.9. The van der Waals surface area contributed by atoms with Crippen molar-refractivity contribution in [2.45, 2.75) is 44.0 Å². The van der Waals surface area contributed by atoms with Crippen LogP contribution in [0.25, 0.3) is 5.82 Å². The Morgan fingerprint density at radius 3 is 2.65 bits per heavy atom. The van der Waals surface area contributed by atoms with Crippen molar-refractivity contribution < 1.29 is 19.8 Å². The summed E-state index contributed by atoms with van der Waals surface area (Å²) in [7, 11) is 2.04. The smallest absolute Gasteiger partial charge is 0.348 e. The van der Waals surface area contributed by atoms with E-state index in [-0.39, 0.29) is 17.8 Å². The van der Waals surface area contributed by atoms with E-state index in [9.17, 15) is 19.9 Å². The summed E-state index contributed by atoms with van der Waals surface area (Å²) >= 11 is 0. The summed E-state index contributed by atoms with van der Waals surface area (Å²) < 4.78 is 1.47. The van der Waals surface area contributed by atoms with E-state index in [1.807, 2.05) is 13.1 Å². The monoisotopic (exact) mass is 464 g/mol. The molecule has 2 aromatic heterocycles. The maximum Gasteiger partial charge on any atom is 0.348 e. The second-order valence-electron chi connectivity index (χ2n) is 8.61. The van der Waals surface area contributed by atoms with Crippen molar-refractivity contribution in [1.29, 1.82) is 0 Å². The Kier molecular flexibility index (Phi) is 7.13. The molecule has 3 unspecified atom stereocenters. The molecule has 0 saturated heterocycles. The normalized spacial score (nSPS) is 16.2. The van der Waals surface area contributed by atoms with E-state index >= 15 is 0 Å². The number of nitrogens with zero attached hydrogens (tertiary/aromatic N) is 4. The molecule has 1 aromatic carbocycles. The van der Waals surface area contributed by atoms with E-state index < -0.39 is 29.0 Å². The van der Waals surface area contributed by atoms with E-state index in [0.717, 1.165) is 5.69 Å². The minimum absolute atomic E-state index is 0.00939. The van der Waals surface area contributed by atoms with Gasteiger partial charge in [0.1, 0.15) is 11.6 Å². The van der Waals surface area contributed by atoms with Gasteiger partial charge in [-0.1, -0.05) is 30.3 Å². The highest BCUT2D eigenvalue weighted by atomic mass is 16.5. The maximum atomic E-state index is 13.3. The number of aliphatic hydroxyl groups excluding tert-OH is 1. The van der Waals surface area contributed by atoms with Crippen molar-refractivity contribution in [3.8, 4) is 5.82 Å². The zero-order valence-corrected chi connectivity index (χ0v) is 18.9. The summed E-state index contributed by atoms with van der Waals surface area (Å²) in [5.74, 6) is -1.73. The van der Waals surface area contributed by atoms with Crippen molar-refractivity contribution in [2.24, 2.45) is 5.73 Å². The quantitative estimate of drug-likeness (QED) is 0.354. The van der Waals surface area contributed by atoms with E-state index in [4.69, 9.17) is 5.73 Å². The summed E-state index contributed by atoms with van der Waals surface area (Å²) in [4.78, 5) is 31.5. The number of carbonyl (C=O) groups is 2. The molecule has 3 aromatic rings. The van der Waals surface area contributed by atoms with Crippen molar-refractivity contribution in [3.63, 3.8) is 0 Å². The van der Waals surface area contributed by atoms with Crippen LogP contribution in [0.1, 0.15) is 34.5 Å². The van der Waals surface area contributed by atoms with Gasteiger partial charge in [0.2, 0.25) is 0 Å². The lowest BCUT2D eigenvalue weighted by Gasteiger charge is -2.31. The Morgan fingerprint density at radius 1 is 1.24 bits per heavy atom. The molecular formula is C24H28N6O4. The molecule has 1 aliphatic carbocycles. The third-order valence-corrected chi connectivity index (χ3v) is 6.01. The lowest BCUT2D eigenvalue weighted by Crippen LogP contribution is -3.16. The van der Waals surface area contributed by atoms with Gasteiger partial charge in [-0.05, 0) is 43.7 Å². The fraction of sp³-hybridized carbons (Fsp3) is 0.333. The molecule has 10 nitrogen and oxygen atoms in total. The van der Waals surface area contributed by atoms with Gasteiger partial charge in [0.15, 0.2) is 11.9 Å². The van der Waals surface area contributed by atoms with Gasteiger partial charge in [-0.2, -0.15) is 5.10 Å². The Balaban J connectivity index is 1.59. The number of nitrogens with one attached hydrogen (secondary N) is 1. The van der Waals surface area contributed by atoms with Gasteiger partial charge < -0.3 is 16.0 Å². The number of hydroxylamine groups is 2. The number of pyridine rings is 1. The highest BCUT2D eigenvalue weighted by molar-refractivity contribution is 5.91. The molecule has 1 aliphatic rings. The molecule has 3 atom stereocenters. The molecule has 1 saturated carbocycles. The SMILES string of the molecule is CN(Cc1ccn(-c2ncccc2C(=O)[NH+]([O-])C(Cc2ccccc2)C(O)C(N)=O)n1)C1CC1. The molecule has 0 aliphatic heterocycles. The summed E-state index contributed by atoms with van der Waals surface area (Å²) in [6.45, 7) is 0.663. The molecule has 2 amide bonds. The number of nitrogens with two attached hydrogens (primary N) is 1. The van der Waals surface area contributed by atoms with E-state index in [1.54, 1.807) is 42.6 Å². The number of benzene rings is 1. The second-order valence-corrected chi connectivity index (χ2v) is 8.61. The zero-order chi connectivity index (χ0) is 24.2. The van der Waals surface area contributed by atoms with Gasteiger partial charge in [0.05, 0.1) is 5.69 Å². The third kappa shape index (κ3) is 5.37. The average molecular weight is 465 g/mol. The van der Waals surface area contributed by atoms with Crippen molar-refractivity contribution in [1.82, 2.24) is 19.7 Å². The summed E-state index contributed by atoms with van der Waals surface area (Å²) in [6.07, 6.45) is 3.75. The number of aromatic nitrogens is 3. The van der Waals surface area contributed by atoms with Crippen molar-refractivity contribution >= 4 is 11.8 Å². The fourth-order valence-corrected chi connectivity index (χ4v) is 3.94. The first kappa shape index (κ1) is 23.7. The summed E-state index contributed by atoms with van der Waals surface area (Å²) in [6, 6.07) is 13.0. The van der Waals surface area contributed by atoms with Crippen LogP contribution in [-0.2, 0) is 17.8 Å². The number of rotatable bonds is 10. The number of aliphatic hydroxyl groups is 1. The first-order chi connectivity index (χ1) is 16.3. The predicted octanol–water partition coefficient (Wildman–Crippen LogP) is -0.158. The maximum absolute atomic E-state index is 13.3. The molecule has 0 radical (unpaired) electrons. The number of carbonyl (C=O) groups excluding carboxylic acids is 2. The van der Waals surface area contributed by atoms with Crippen LogP contribution in [0.15, 0.2) is 60.9 Å². The highest BCUT2D eigenvalue weighted by Crippen LogP contribution is 2.26. The van der Waals surface area contributed by atoms with Gasteiger partial charge in [0, 0.05) is 31.4 Å². The Morgan fingerprint density at radius 2 is 1.97 bits per heavy atom. The average Bonchev–Trinajstić information content (AvgIpc) is 3.61. The molecule has 4 N–H and O–H groups in total. The van der Waals surface area contributed by atoms with Crippen LogP contribution >= 0.6 is 0 Å². The Bertz CT molecular complexity index is 1150. The van der Waals surface area contributed by atoms with Crippen LogP contribution in [0.3, 0.4) is 0 Å². The lowest BCUT2D eigenvalue weighted by atomic mass is 10.00. The van der Waals surface area contributed by atoms with Gasteiger partial charge in [0.25, 0.3) is 5.91 Å². The number of primary amides is 1. The van der Waals surface area contributed by atoms with Crippen LogP contribution in [0.5, 0.6) is 0 Å². The third-order valence-electron chi connectivity index (χ3n) is 6.01. The van der Waals surface area contributed by atoms with Crippen molar-refractivity contribution in [2.75, 3.05) is 7.05 Å². The number of hydrogen-bond acceptors (Lipinski definition) is 7. The molecule has 1 fully saturated rings. The van der Waals surface area contributed by atoms with Gasteiger partial charge in [-0.3, -0.25) is 14.8 Å². The minimum Gasteiger partial charge on any atom is -0.626 e. The van der Waals surface area contributed by atoms with Gasteiger partial charge >= 0.3 is 5.91 Å². The van der Waals surface area contributed by atoms with E-state index in [2.05, 4.69) is 15.0 Å². The predicted molar refractivity (Wildman–Crippen MR) is 124 cm³/mol. The molecule has 34 heavy (non-hydrogen) atoms. The first-order valence-corrected chi connectivity index (χ1v) is 11.1. The molecular weight excluding hydrogens is 436 g/mol. The molecule has 0 bridgehead atoms. The van der Waals surface area contributed by atoms with Crippen LogP contribution in [0, 0.1) is 5.21 Å². The summed E-state index contributed by atoms with van der Waals surface area (Å²) in [5, 5.41) is 27.2. The number of amides is 2. The van der Waals surface area contributed by atoms with Crippen molar-refractivity contribution in [3.05, 3.63) is 83.0 Å². The van der Waals surface area contributed by atoms with Crippen LogP contribution in [0.2, 0.25) is 0 Å². The minimum atomic E-state index is -1.80. The molecule has 4 rings (SSSR count). The molecule has 2 heterocycles. The molecule has 178 valence electrons. The van der Waals surface area contributed by atoms with E-state index in [1.165, 1.54) is 29.8 Å². The Hall–Kier alpha value is -3.44. The second kappa shape index (κ2) is 10.2. The van der Waals surface area contributed by atoms with E-state index in [0.29, 0.717) is 18.2 Å². The van der Waals surface area contributed by atoms with Crippen LogP contribution < -0.4 is 10.8 Å². The summed E-state index contributed by atoms with van der Waals surface area (Å²) in [5.41, 5.74) is 6.82. The number of hydrogen-bond donors (Lipinski definition) is 3. The van der Waals surface area contributed by atoms with Crippen LogP contribution in [0.4, 0.5) is 0 Å². The Labute approximate surface area is 197 Å². The highest BCUT2D eigenvalue weighted by Gasteiger charge is 2.35. The number of quaternary nitrogens is 1. The fourth-order valence-electron chi connectivity index (χ4n) is 3.94. The standard InChI is InChI=1S/C24H28N6O4/c1-28(18-9-10-18)15-17-11-13-29(27-17)23-19(8-5-12-26-23)24(33)30(34)20(21(31)22(25)32)14-16-6-3-2-4-7-16/h2-8,11-13,18,20-21,30-31H,9-10,14-15H2,1H3,(H2,25,32). The first-order valence-electron chi connectivity index (χ1n) is 11.1. The molecule has 10 heteroatoms. The van der Waals surface area contributed by atoms with Crippen LogP contribution in [-0.4, -0.2) is 61.8 Å². The largest absolute Gasteiger partial charge is 0.626 e. The van der Waals surface area contributed by atoms with Gasteiger partial charge in [-0.15, -0.1) is 0 Å². The topological polar surface area (TPSA) is 142 Å².